The summed E-state index contributed by atoms with van der Waals surface area (Å²) >= 11 is 0. The van der Waals surface area contributed by atoms with Gasteiger partial charge in [0.25, 0.3) is 5.91 Å². The summed E-state index contributed by atoms with van der Waals surface area (Å²) < 4.78 is 0. The second kappa shape index (κ2) is 5.33. The maximum Gasteiger partial charge on any atom is 0.254 e. The fraction of sp³-hybridized carbons (Fsp3) is 0.562. The molecule has 1 amide bonds. The molecule has 1 saturated heterocycles. The van der Waals surface area contributed by atoms with E-state index in [-0.39, 0.29) is 11.4 Å². The van der Waals surface area contributed by atoms with Gasteiger partial charge in [0.15, 0.2) is 0 Å². The summed E-state index contributed by atoms with van der Waals surface area (Å²) in [6.07, 6.45) is 3.23. The predicted molar refractivity (Wildman–Crippen MR) is 78.3 cm³/mol. The summed E-state index contributed by atoms with van der Waals surface area (Å²) in [7, 11) is 0. The van der Waals surface area contributed by atoms with E-state index in [0.717, 1.165) is 36.9 Å². The lowest BCUT2D eigenvalue weighted by Crippen LogP contribution is -2.56. The highest BCUT2D eigenvalue weighted by Gasteiger charge is 2.36. The smallest absolute Gasteiger partial charge is 0.254 e. The van der Waals surface area contributed by atoms with Crippen LogP contribution in [0, 0.1) is 13.8 Å². The number of benzene rings is 1. The molecule has 0 bridgehead atoms. The summed E-state index contributed by atoms with van der Waals surface area (Å²) in [5.41, 5.74) is 8.88. The van der Waals surface area contributed by atoms with Crippen LogP contribution in [0.15, 0.2) is 18.2 Å². The van der Waals surface area contributed by atoms with Crippen molar-refractivity contribution in [1.82, 2.24) is 4.90 Å². The molecular weight excluding hydrogens is 236 g/mol. The molecule has 0 aromatic heterocycles. The van der Waals surface area contributed by atoms with Crippen LogP contribution in [0.5, 0.6) is 0 Å². The zero-order chi connectivity index (χ0) is 14.0. The number of aryl methyl sites for hydroxylation is 2. The van der Waals surface area contributed by atoms with Crippen LogP contribution >= 0.6 is 0 Å². The van der Waals surface area contributed by atoms with Crippen LogP contribution in [0.4, 0.5) is 0 Å². The molecule has 0 radical (unpaired) electrons. The minimum Gasteiger partial charge on any atom is -0.332 e. The van der Waals surface area contributed by atoms with Crippen LogP contribution in [0.3, 0.4) is 0 Å². The number of amides is 1. The minimum atomic E-state index is -0.186. The fourth-order valence-corrected chi connectivity index (χ4v) is 2.77. The van der Waals surface area contributed by atoms with E-state index in [1.165, 1.54) is 5.56 Å². The van der Waals surface area contributed by atoms with Crippen molar-refractivity contribution in [3.05, 3.63) is 34.9 Å². The van der Waals surface area contributed by atoms with E-state index < -0.39 is 0 Å². The zero-order valence-corrected chi connectivity index (χ0v) is 12.2. The normalized spacial score (nSPS) is 23.5. The van der Waals surface area contributed by atoms with Crippen LogP contribution < -0.4 is 5.73 Å². The van der Waals surface area contributed by atoms with Crippen molar-refractivity contribution >= 4 is 5.91 Å². The molecule has 1 aliphatic heterocycles. The van der Waals surface area contributed by atoms with Crippen LogP contribution in [0.2, 0.25) is 0 Å². The molecule has 1 aromatic carbocycles. The Morgan fingerprint density at radius 3 is 2.68 bits per heavy atom. The van der Waals surface area contributed by atoms with Crippen molar-refractivity contribution in [3.63, 3.8) is 0 Å². The van der Waals surface area contributed by atoms with Gasteiger partial charge in [-0.3, -0.25) is 4.79 Å². The van der Waals surface area contributed by atoms with E-state index in [1.807, 2.05) is 30.0 Å². The number of hydrogen-bond donors (Lipinski definition) is 1. The first-order chi connectivity index (χ1) is 8.98. The maximum absolute atomic E-state index is 12.7. The maximum atomic E-state index is 12.7. The van der Waals surface area contributed by atoms with Crippen LogP contribution in [-0.2, 0) is 0 Å². The van der Waals surface area contributed by atoms with Crippen molar-refractivity contribution in [1.29, 1.82) is 0 Å². The highest BCUT2D eigenvalue weighted by atomic mass is 16.2. The second-order valence-electron chi connectivity index (χ2n) is 5.91. The van der Waals surface area contributed by atoms with Crippen LogP contribution in [0.25, 0.3) is 0 Å². The molecule has 104 valence electrons. The number of nitrogens with two attached hydrogens (primary N) is 1. The lowest BCUT2D eigenvalue weighted by Gasteiger charge is -2.44. The average Bonchev–Trinajstić information content (AvgIpc) is 2.41. The van der Waals surface area contributed by atoms with Gasteiger partial charge in [-0.25, -0.2) is 0 Å². The Kier molecular flexibility index (Phi) is 3.95. The molecule has 0 aliphatic carbocycles. The van der Waals surface area contributed by atoms with E-state index in [4.69, 9.17) is 5.73 Å². The van der Waals surface area contributed by atoms with E-state index in [1.54, 1.807) is 0 Å². The van der Waals surface area contributed by atoms with Crippen LogP contribution in [-0.4, -0.2) is 29.4 Å². The summed E-state index contributed by atoms with van der Waals surface area (Å²) in [6, 6.07) is 5.94. The first kappa shape index (κ1) is 14.1. The van der Waals surface area contributed by atoms with E-state index >= 15 is 0 Å². The molecule has 3 nitrogen and oxygen atoms in total. The molecule has 1 atom stereocenters. The quantitative estimate of drug-likeness (QED) is 0.888. The second-order valence-corrected chi connectivity index (χ2v) is 5.91. The number of likely N-dealkylation sites (tertiary alicyclic amines) is 1. The van der Waals surface area contributed by atoms with Gasteiger partial charge in [0, 0.05) is 18.7 Å². The van der Waals surface area contributed by atoms with Gasteiger partial charge in [0.2, 0.25) is 0 Å². The Labute approximate surface area is 115 Å². The monoisotopic (exact) mass is 260 g/mol. The zero-order valence-electron chi connectivity index (χ0n) is 12.2. The number of hydrogen-bond acceptors (Lipinski definition) is 2. The SMILES string of the molecule is Cc1ccc(C(=O)N2CCCCC2(C)CN)cc1C. The topological polar surface area (TPSA) is 46.3 Å². The largest absolute Gasteiger partial charge is 0.332 e. The average molecular weight is 260 g/mol. The van der Waals surface area contributed by atoms with E-state index in [9.17, 15) is 4.79 Å². The third kappa shape index (κ3) is 2.66. The molecular formula is C16H24N2O. The van der Waals surface area contributed by atoms with Crippen LogP contribution in [0.1, 0.15) is 47.7 Å². The molecule has 3 heteroatoms. The van der Waals surface area contributed by atoms with Crippen molar-refractivity contribution in [3.8, 4) is 0 Å². The van der Waals surface area contributed by atoms with Crippen molar-refractivity contribution in [2.45, 2.75) is 45.6 Å². The molecule has 19 heavy (non-hydrogen) atoms. The summed E-state index contributed by atoms with van der Waals surface area (Å²) in [4.78, 5) is 14.7. The molecule has 2 N–H and O–H groups in total. The molecule has 1 fully saturated rings. The van der Waals surface area contributed by atoms with Gasteiger partial charge in [-0.05, 0) is 63.3 Å². The molecule has 2 rings (SSSR count). The molecule has 1 aromatic rings. The van der Waals surface area contributed by atoms with Crippen molar-refractivity contribution in [2.24, 2.45) is 5.73 Å². The van der Waals surface area contributed by atoms with Gasteiger partial charge in [-0.1, -0.05) is 6.07 Å². The van der Waals surface area contributed by atoms with E-state index in [0.29, 0.717) is 6.54 Å². The molecule has 1 aliphatic rings. The fourth-order valence-electron chi connectivity index (χ4n) is 2.77. The van der Waals surface area contributed by atoms with Gasteiger partial charge >= 0.3 is 0 Å². The van der Waals surface area contributed by atoms with Gasteiger partial charge in [0.1, 0.15) is 0 Å². The molecule has 0 saturated carbocycles. The van der Waals surface area contributed by atoms with Gasteiger partial charge < -0.3 is 10.6 Å². The predicted octanol–water partition coefficient (Wildman–Crippen LogP) is 2.65. The van der Waals surface area contributed by atoms with Crippen molar-refractivity contribution < 1.29 is 4.79 Å². The minimum absolute atomic E-state index is 0.121. The summed E-state index contributed by atoms with van der Waals surface area (Å²) in [6.45, 7) is 7.56. The molecule has 0 spiro atoms. The van der Waals surface area contributed by atoms with Gasteiger partial charge in [-0.2, -0.15) is 0 Å². The molecule has 1 heterocycles. The number of carbonyl (C=O) groups excluding carboxylic acids is 1. The standard InChI is InChI=1S/C16H24N2O/c1-12-6-7-14(10-13(12)2)15(19)18-9-5-4-8-16(18,3)11-17/h6-7,10H,4-5,8-9,11,17H2,1-3H3. The van der Waals surface area contributed by atoms with Gasteiger partial charge in [0.05, 0.1) is 5.54 Å². The molecule has 1 unspecified atom stereocenters. The summed E-state index contributed by atoms with van der Waals surface area (Å²) in [5.74, 6) is 0.121. The Hall–Kier alpha value is -1.35. The number of piperidine rings is 1. The summed E-state index contributed by atoms with van der Waals surface area (Å²) in [5, 5.41) is 0. The van der Waals surface area contributed by atoms with Gasteiger partial charge in [-0.15, -0.1) is 0 Å². The first-order valence-electron chi connectivity index (χ1n) is 7.07. The highest BCUT2D eigenvalue weighted by Crippen LogP contribution is 2.28. The lowest BCUT2D eigenvalue weighted by atomic mass is 9.87. The Bertz CT molecular complexity index is 484. The Morgan fingerprint density at radius 2 is 2.05 bits per heavy atom. The number of nitrogens with zero attached hydrogens (tertiary/aromatic N) is 1. The third-order valence-electron chi connectivity index (χ3n) is 4.44. The first-order valence-corrected chi connectivity index (χ1v) is 7.07. The highest BCUT2D eigenvalue weighted by molar-refractivity contribution is 5.95. The lowest BCUT2D eigenvalue weighted by molar-refractivity contribution is 0.0403. The van der Waals surface area contributed by atoms with Crippen molar-refractivity contribution in [2.75, 3.05) is 13.1 Å². The Balaban J connectivity index is 2.29. The Morgan fingerprint density at radius 1 is 1.32 bits per heavy atom. The third-order valence-corrected chi connectivity index (χ3v) is 4.44. The van der Waals surface area contributed by atoms with E-state index in [2.05, 4.69) is 13.8 Å². The number of rotatable bonds is 2. The number of carbonyl (C=O) groups is 1.